The van der Waals surface area contributed by atoms with Crippen molar-refractivity contribution in [1.29, 1.82) is 0 Å². The van der Waals surface area contributed by atoms with Crippen molar-refractivity contribution in [3.8, 4) is 0 Å². The van der Waals surface area contributed by atoms with Gasteiger partial charge in [-0.15, -0.1) is 0 Å². The standard InChI is InChI=1S/C10H12O/c1-3-4-5-6-10-8-7-9(2)11-10/h3-8H,1-2H3/b4-3-,6-5-. The summed E-state index contributed by atoms with van der Waals surface area (Å²) in [6.07, 6.45) is 7.84. The number of aryl methyl sites for hydroxylation is 1. The zero-order chi connectivity index (χ0) is 8.10. The molecule has 1 aromatic heterocycles. The molecule has 0 aliphatic rings. The number of allylic oxidation sites excluding steroid dienone is 3. The molecule has 1 heterocycles. The Kier molecular flexibility index (Phi) is 2.73. The first-order valence-corrected chi connectivity index (χ1v) is 3.68. The first kappa shape index (κ1) is 7.86. The summed E-state index contributed by atoms with van der Waals surface area (Å²) in [7, 11) is 0. The Balaban J connectivity index is 2.64. The van der Waals surface area contributed by atoms with Crippen LogP contribution in [0, 0.1) is 6.92 Å². The van der Waals surface area contributed by atoms with Gasteiger partial charge in [0.25, 0.3) is 0 Å². The number of hydrogen-bond donors (Lipinski definition) is 0. The normalized spacial score (nSPS) is 11.8. The van der Waals surface area contributed by atoms with Gasteiger partial charge < -0.3 is 4.42 Å². The molecule has 0 aliphatic heterocycles. The predicted molar refractivity (Wildman–Crippen MR) is 47.3 cm³/mol. The van der Waals surface area contributed by atoms with Crippen LogP contribution in [0.25, 0.3) is 6.08 Å². The molecule has 0 saturated carbocycles. The summed E-state index contributed by atoms with van der Waals surface area (Å²) in [5, 5.41) is 0. The third kappa shape index (κ3) is 2.46. The molecule has 0 unspecified atom stereocenters. The molecular formula is C10H12O. The summed E-state index contributed by atoms with van der Waals surface area (Å²) in [4.78, 5) is 0. The lowest BCUT2D eigenvalue weighted by atomic mass is 10.4. The predicted octanol–water partition coefficient (Wildman–Crippen LogP) is 3.18. The van der Waals surface area contributed by atoms with E-state index in [9.17, 15) is 0 Å². The Morgan fingerprint density at radius 3 is 2.64 bits per heavy atom. The fraction of sp³-hybridized carbons (Fsp3) is 0.200. The Bertz CT molecular complexity index is 266. The second-order valence-electron chi connectivity index (χ2n) is 2.33. The fourth-order valence-electron chi connectivity index (χ4n) is 0.805. The third-order valence-electron chi connectivity index (χ3n) is 1.33. The Morgan fingerprint density at radius 1 is 1.27 bits per heavy atom. The lowest BCUT2D eigenvalue weighted by Gasteiger charge is -1.81. The SMILES string of the molecule is C/C=C\C=C/c1ccc(C)o1. The average Bonchev–Trinajstić information content (AvgIpc) is 2.37. The van der Waals surface area contributed by atoms with Gasteiger partial charge in [0.2, 0.25) is 0 Å². The summed E-state index contributed by atoms with van der Waals surface area (Å²) in [5.41, 5.74) is 0. The summed E-state index contributed by atoms with van der Waals surface area (Å²) < 4.78 is 5.31. The van der Waals surface area contributed by atoms with Crippen molar-refractivity contribution in [1.82, 2.24) is 0 Å². The maximum absolute atomic E-state index is 5.31. The van der Waals surface area contributed by atoms with Gasteiger partial charge in [-0.05, 0) is 32.1 Å². The molecule has 1 rings (SSSR count). The van der Waals surface area contributed by atoms with Crippen LogP contribution in [0.1, 0.15) is 18.4 Å². The molecule has 11 heavy (non-hydrogen) atoms. The van der Waals surface area contributed by atoms with E-state index in [2.05, 4.69) is 0 Å². The van der Waals surface area contributed by atoms with E-state index < -0.39 is 0 Å². The monoisotopic (exact) mass is 148 g/mol. The van der Waals surface area contributed by atoms with E-state index in [-0.39, 0.29) is 0 Å². The molecule has 0 saturated heterocycles. The number of hydrogen-bond acceptors (Lipinski definition) is 1. The molecule has 0 radical (unpaired) electrons. The topological polar surface area (TPSA) is 13.1 Å². The van der Waals surface area contributed by atoms with Crippen LogP contribution in [0.5, 0.6) is 0 Å². The van der Waals surface area contributed by atoms with Crippen LogP contribution in [-0.2, 0) is 0 Å². The maximum atomic E-state index is 5.31. The molecule has 0 amide bonds. The van der Waals surface area contributed by atoms with Crippen molar-refractivity contribution in [2.24, 2.45) is 0 Å². The van der Waals surface area contributed by atoms with Crippen molar-refractivity contribution in [3.05, 3.63) is 41.9 Å². The first-order chi connectivity index (χ1) is 5.33. The molecule has 0 spiro atoms. The van der Waals surface area contributed by atoms with Crippen LogP contribution >= 0.6 is 0 Å². The largest absolute Gasteiger partial charge is 0.462 e. The van der Waals surface area contributed by atoms with Gasteiger partial charge in [0.15, 0.2) is 0 Å². The lowest BCUT2D eigenvalue weighted by Crippen LogP contribution is -1.58. The smallest absolute Gasteiger partial charge is 0.127 e. The molecule has 1 aromatic rings. The molecular weight excluding hydrogens is 136 g/mol. The summed E-state index contributed by atoms with van der Waals surface area (Å²) in [6.45, 7) is 3.92. The van der Waals surface area contributed by atoms with Gasteiger partial charge in [0.05, 0.1) is 0 Å². The summed E-state index contributed by atoms with van der Waals surface area (Å²) >= 11 is 0. The minimum absolute atomic E-state index is 0.903. The molecule has 1 nitrogen and oxygen atoms in total. The van der Waals surface area contributed by atoms with Crippen LogP contribution in [0.4, 0.5) is 0 Å². The fourth-order valence-corrected chi connectivity index (χ4v) is 0.805. The van der Waals surface area contributed by atoms with E-state index in [1.54, 1.807) is 0 Å². The molecule has 0 aliphatic carbocycles. The lowest BCUT2D eigenvalue weighted by molar-refractivity contribution is 0.525. The van der Waals surface area contributed by atoms with E-state index in [4.69, 9.17) is 4.42 Å². The van der Waals surface area contributed by atoms with Crippen LogP contribution in [0.3, 0.4) is 0 Å². The van der Waals surface area contributed by atoms with E-state index in [1.807, 2.05) is 50.3 Å². The zero-order valence-corrected chi connectivity index (χ0v) is 6.87. The quantitative estimate of drug-likeness (QED) is 0.587. The van der Waals surface area contributed by atoms with Crippen LogP contribution < -0.4 is 0 Å². The second kappa shape index (κ2) is 3.81. The van der Waals surface area contributed by atoms with E-state index in [1.165, 1.54) is 0 Å². The third-order valence-corrected chi connectivity index (χ3v) is 1.33. The van der Waals surface area contributed by atoms with Gasteiger partial charge in [-0.1, -0.05) is 18.2 Å². The molecule has 58 valence electrons. The number of rotatable bonds is 2. The van der Waals surface area contributed by atoms with Gasteiger partial charge in [-0.2, -0.15) is 0 Å². The summed E-state index contributed by atoms with van der Waals surface area (Å²) in [5.74, 6) is 1.85. The molecule has 1 heteroatoms. The van der Waals surface area contributed by atoms with Crippen LogP contribution in [0.2, 0.25) is 0 Å². The summed E-state index contributed by atoms with van der Waals surface area (Å²) in [6, 6.07) is 3.91. The van der Waals surface area contributed by atoms with Crippen LogP contribution in [0.15, 0.2) is 34.8 Å². The minimum atomic E-state index is 0.903. The number of furan rings is 1. The van der Waals surface area contributed by atoms with Crippen LogP contribution in [-0.4, -0.2) is 0 Å². The van der Waals surface area contributed by atoms with Crippen molar-refractivity contribution in [2.45, 2.75) is 13.8 Å². The maximum Gasteiger partial charge on any atom is 0.127 e. The van der Waals surface area contributed by atoms with Gasteiger partial charge in [0.1, 0.15) is 11.5 Å². The van der Waals surface area contributed by atoms with Gasteiger partial charge in [-0.25, -0.2) is 0 Å². The van der Waals surface area contributed by atoms with Crippen molar-refractivity contribution < 1.29 is 4.42 Å². The zero-order valence-electron chi connectivity index (χ0n) is 6.87. The van der Waals surface area contributed by atoms with Crippen molar-refractivity contribution in [3.63, 3.8) is 0 Å². The van der Waals surface area contributed by atoms with Gasteiger partial charge in [-0.3, -0.25) is 0 Å². The molecule has 0 bridgehead atoms. The Labute approximate surface area is 67.0 Å². The highest BCUT2D eigenvalue weighted by Crippen LogP contribution is 2.07. The van der Waals surface area contributed by atoms with E-state index >= 15 is 0 Å². The van der Waals surface area contributed by atoms with Crippen molar-refractivity contribution in [2.75, 3.05) is 0 Å². The highest BCUT2D eigenvalue weighted by molar-refractivity contribution is 5.45. The van der Waals surface area contributed by atoms with Crippen molar-refractivity contribution >= 4 is 6.08 Å². The average molecular weight is 148 g/mol. The van der Waals surface area contributed by atoms with E-state index in [0.29, 0.717) is 0 Å². The molecule has 0 aromatic carbocycles. The molecule has 0 atom stereocenters. The minimum Gasteiger partial charge on any atom is -0.462 e. The second-order valence-corrected chi connectivity index (χ2v) is 2.33. The molecule has 0 N–H and O–H groups in total. The molecule has 0 fully saturated rings. The van der Waals surface area contributed by atoms with Gasteiger partial charge in [0, 0.05) is 0 Å². The van der Waals surface area contributed by atoms with Gasteiger partial charge >= 0.3 is 0 Å². The highest BCUT2D eigenvalue weighted by Gasteiger charge is 1.89. The van der Waals surface area contributed by atoms with E-state index in [0.717, 1.165) is 11.5 Å². The first-order valence-electron chi connectivity index (χ1n) is 3.68. The Morgan fingerprint density at radius 2 is 2.09 bits per heavy atom. The Hall–Kier alpha value is -1.24. The highest BCUT2D eigenvalue weighted by atomic mass is 16.3.